The summed E-state index contributed by atoms with van der Waals surface area (Å²) in [6.07, 6.45) is 0. The van der Waals surface area contributed by atoms with Gasteiger partial charge in [0.05, 0.1) is 0 Å². The molecule has 60 valence electrons. The molecule has 0 aliphatic carbocycles. The van der Waals surface area contributed by atoms with Gasteiger partial charge < -0.3 is 0 Å². The maximum atomic E-state index is 10.8. The predicted molar refractivity (Wildman–Crippen MR) is 52.0 cm³/mol. The molecule has 0 N–H and O–H groups in total. The van der Waals surface area contributed by atoms with E-state index in [9.17, 15) is 4.79 Å². The van der Waals surface area contributed by atoms with E-state index < -0.39 is 5.24 Å². The van der Waals surface area contributed by atoms with Crippen molar-refractivity contribution in [3.63, 3.8) is 0 Å². The van der Waals surface area contributed by atoms with Crippen molar-refractivity contribution in [2.75, 3.05) is 0 Å². The van der Waals surface area contributed by atoms with Crippen LogP contribution in [0.5, 0.6) is 0 Å². The number of halogens is 1. The number of hydrogen-bond donors (Lipinski definition) is 0. The largest absolute Gasteiger partial charge is 0.276 e. The molecule has 0 radical (unpaired) electrons. The SMILES string of the molecule is O=C(Cl)c1ccc2sccc2c1. The molecule has 2 aromatic rings. The fourth-order valence-corrected chi connectivity index (χ4v) is 1.98. The summed E-state index contributed by atoms with van der Waals surface area (Å²) in [7, 11) is 0. The Balaban J connectivity index is 2.68. The van der Waals surface area contributed by atoms with E-state index in [0.29, 0.717) is 5.56 Å². The fourth-order valence-electron chi connectivity index (χ4n) is 1.09. The van der Waals surface area contributed by atoms with Crippen LogP contribution < -0.4 is 0 Å². The van der Waals surface area contributed by atoms with Gasteiger partial charge >= 0.3 is 0 Å². The third kappa shape index (κ3) is 1.24. The molecule has 12 heavy (non-hydrogen) atoms. The topological polar surface area (TPSA) is 17.1 Å². The first-order valence-electron chi connectivity index (χ1n) is 3.44. The van der Waals surface area contributed by atoms with Crippen molar-refractivity contribution in [1.29, 1.82) is 0 Å². The Bertz CT molecular complexity index is 433. The van der Waals surface area contributed by atoms with Gasteiger partial charge in [-0.05, 0) is 46.6 Å². The van der Waals surface area contributed by atoms with Crippen molar-refractivity contribution in [3.8, 4) is 0 Å². The summed E-state index contributed by atoms with van der Waals surface area (Å²) in [6, 6.07) is 7.44. The number of benzene rings is 1. The highest BCUT2D eigenvalue weighted by Crippen LogP contribution is 2.22. The van der Waals surface area contributed by atoms with Gasteiger partial charge in [0.25, 0.3) is 5.24 Å². The minimum Gasteiger partial charge on any atom is -0.276 e. The molecule has 1 aromatic carbocycles. The summed E-state index contributed by atoms with van der Waals surface area (Å²) in [5.74, 6) is 0. The smallest absolute Gasteiger partial charge is 0.252 e. The highest BCUT2D eigenvalue weighted by Gasteiger charge is 2.02. The molecule has 0 bridgehead atoms. The molecule has 0 atom stereocenters. The van der Waals surface area contributed by atoms with Gasteiger partial charge in [-0.1, -0.05) is 0 Å². The second-order valence-corrected chi connectivity index (χ2v) is 3.74. The van der Waals surface area contributed by atoms with Crippen LogP contribution in [0.2, 0.25) is 0 Å². The predicted octanol–water partition coefficient (Wildman–Crippen LogP) is 3.28. The number of hydrogen-bond acceptors (Lipinski definition) is 2. The number of carbonyl (C=O) groups excluding carboxylic acids is 1. The lowest BCUT2D eigenvalue weighted by Gasteiger charge is -1.92. The first kappa shape index (κ1) is 7.77. The van der Waals surface area contributed by atoms with Gasteiger partial charge in [-0.15, -0.1) is 11.3 Å². The number of carbonyl (C=O) groups is 1. The number of rotatable bonds is 1. The Hall–Kier alpha value is -0.860. The van der Waals surface area contributed by atoms with Gasteiger partial charge in [-0.25, -0.2) is 0 Å². The molecule has 0 aliphatic rings. The van der Waals surface area contributed by atoms with Gasteiger partial charge in [0.1, 0.15) is 0 Å². The van der Waals surface area contributed by atoms with Crippen LogP contribution in [0.25, 0.3) is 10.1 Å². The van der Waals surface area contributed by atoms with Crippen LogP contribution in [0, 0.1) is 0 Å². The van der Waals surface area contributed by atoms with E-state index in [1.165, 1.54) is 4.70 Å². The van der Waals surface area contributed by atoms with Gasteiger partial charge in [-0.2, -0.15) is 0 Å². The van der Waals surface area contributed by atoms with Crippen LogP contribution in [0.1, 0.15) is 10.4 Å². The Kier molecular flexibility index (Phi) is 1.87. The first-order valence-corrected chi connectivity index (χ1v) is 4.70. The maximum absolute atomic E-state index is 10.8. The lowest BCUT2D eigenvalue weighted by molar-refractivity contribution is 0.108. The van der Waals surface area contributed by atoms with Crippen molar-refractivity contribution in [2.45, 2.75) is 0 Å². The summed E-state index contributed by atoms with van der Waals surface area (Å²) in [6.45, 7) is 0. The molecular formula is C9H5ClOS. The van der Waals surface area contributed by atoms with E-state index in [0.717, 1.165) is 5.39 Å². The summed E-state index contributed by atoms with van der Waals surface area (Å²) >= 11 is 6.99. The molecule has 2 rings (SSSR count). The zero-order valence-corrected chi connectivity index (χ0v) is 7.65. The van der Waals surface area contributed by atoms with E-state index in [1.807, 2.05) is 17.5 Å². The molecule has 0 aliphatic heterocycles. The quantitative estimate of drug-likeness (QED) is 0.640. The van der Waals surface area contributed by atoms with Gasteiger partial charge in [0, 0.05) is 10.3 Å². The fraction of sp³-hybridized carbons (Fsp3) is 0. The Labute approximate surface area is 78.6 Å². The average molecular weight is 197 g/mol. The molecule has 1 heterocycles. The number of thiophene rings is 1. The summed E-state index contributed by atoms with van der Waals surface area (Å²) in [5.41, 5.74) is 0.558. The second kappa shape index (κ2) is 2.88. The van der Waals surface area contributed by atoms with Crippen LogP contribution in [-0.4, -0.2) is 5.24 Å². The van der Waals surface area contributed by atoms with Gasteiger partial charge in [-0.3, -0.25) is 4.79 Å². The molecule has 1 aromatic heterocycles. The van der Waals surface area contributed by atoms with Crippen molar-refractivity contribution < 1.29 is 4.79 Å². The summed E-state index contributed by atoms with van der Waals surface area (Å²) in [4.78, 5) is 10.8. The molecule has 0 amide bonds. The highest BCUT2D eigenvalue weighted by atomic mass is 35.5. The summed E-state index contributed by atoms with van der Waals surface area (Å²) < 4.78 is 1.18. The van der Waals surface area contributed by atoms with Gasteiger partial charge in [0.15, 0.2) is 0 Å². The zero-order valence-electron chi connectivity index (χ0n) is 6.08. The summed E-state index contributed by atoms with van der Waals surface area (Å²) in [5, 5.41) is 2.67. The molecule has 1 nitrogen and oxygen atoms in total. The molecular weight excluding hydrogens is 192 g/mol. The van der Waals surface area contributed by atoms with Crippen molar-refractivity contribution in [2.24, 2.45) is 0 Å². The Morgan fingerprint density at radius 2 is 2.17 bits per heavy atom. The van der Waals surface area contributed by atoms with Crippen LogP contribution >= 0.6 is 22.9 Å². The van der Waals surface area contributed by atoms with Crippen molar-refractivity contribution in [1.82, 2.24) is 0 Å². The second-order valence-electron chi connectivity index (χ2n) is 2.45. The third-order valence-corrected chi connectivity index (χ3v) is 2.80. The maximum Gasteiger partial charge on any atom is 0.252 e. The van der Waals surface area contributed by atoms with E-state index >= 15 is 0 Å². The average Bonchev–Trinajstić information content (AvgIpc) is 2.49. The normalized spacial score (nSPS) is 10.4. The number of fused-ring (bicyclic) bond motifs is 1. The standard InChI is InChI=1S/C9H5ClOS/c10-9(11)7-1-2-8-6(5-7)3-4-12-8/h1-5H. The molecule has 0 saturated heterocycles. The minimum atomic E-state index is -0.400. The lowest BCUT2D eigenvalue weighted by Crippen LogP contribution is -1.85. The van der Waals surface area contributed by atoms with Crippen molar-refractivity contribution >= 4 is 38.3 Å². The molecule has 0 unspecified atom stereocenters. The zero-order chi connectivity index (χ0) is 8.55. The van der Waals surface area contributed by atoms with Crippen LogP contribution in [-0.2, 0) is 0 Å². The monoisotopic (exact) mass is 196 g/mol. The third-order valence-electron chi connectivity index (χ3n) is 1.68. The Morgan fingerprint density at radius 3 is 2.92 bits per heavy atom. The molecule has 0 saturated carbocycles. The van der Waals surface area contributed by atoms with E-state index in [4.69, 9.17) is 11.6 Å². The Morgan fingerprint density at radius 1 is 1.33 bits per heavy atom. The minimum absolute atomic E-state index is 0.400. The van der Waals surface area contributed by atoms with Crippen LogP contribution in [0.15, 0.2) is 29.6 Å². The van der Waals surface area contributed by atoms with Crippen LogP contribution in [0.3, 0.4) is 0 Å². The van der Waals surface area contributed by atoms with E-state index in [1.54, 1.807) is 23.5 Å². The molecule has 3 heteroatoms. The van der Waals surface area contributed by atoms with Crippen LogP contribution in [0.4, 0.5) is 0 Å². The highest BCUT2D eigenvalue weighted by molar-refractivity contribution is 7.17. The molecule has 0 fully saturated rings. The van der Waals surface area contributed by atoms with E-state index in [2.05, 4.69) is 0 Å². The van der Waals surface area contributed by atoms with Crippen molar-refractivity contribution in [3.05, 3.63) is 35.2 Å². The lowest BCUT2D eigenvalue weighted by atomic mass is 10.2. The van der Waals surface area contributed by atoms with Gasteiger partial charge in [0.2, 0.25) is 0 Å². The first-order chi connectivity index (χ1) is 5.77. The molecule has 0 spiro atoms. The van der Waals surface area contributed by atoms with E-state index in [-0.39, 0.29) is 0 Å².